The summed E-state index contributed by atoms with van der Waals surface area (Å²) in [4.78, 5) is 2.41. The third-order valence-corrected chi connectivity index (χ3v) is 14.4. The molecule has 71 heavy (non-hydrogen) atoms. The van der Waals surface area contributed by atoms with Gasteiger partial charge in [-0.2, -0.15) is 0 Å². The van der Waals surface area contributed by atoms with Crippen LogP contribution in [-0.4, -0.2) is 4.57 Å². The fourth-order valence-electron chi connectivity index (χ4n) is 11.0. The Labute approximate surface area is 411 Å². The fourth-order valence-corrected chi connectivity index (χ4v) is 11.0. The Balaban J connectivity index is 0.875. The van der Waals surface area contributed by atoms with Crippen molar-refractivity contribution in [2.75, 3.05) is 4.90 Å². The second-order valence-electron chi connectivity index (χ2n) is 18.5. The minimum absolute atomic E-state index is 0.876. The Bertz CT molecular complexity index is 4310. The molecule has 0 aliphatic rings. The molecule has 2 aromatic heterocycles. The Morgan fingerprint density at radius 2 is 0.845 bits per heavy atom. The lowest BCUT2D eigenvalue weighted by molar-refractivity contribution is 0.669. The van der Waals surface area contributed by atoms with Gasteiger partial charge in [0, 0.05) is 44.2 Å². The van der Waals surface area contributed by atoms with Crippen molar-refractivity contribution in [1.82, 2.24) is 4.57 Å². The number of para-hydroxylation sites is 4. The van der Waals surface area contributed by atoms with Crippen LogP contribution in [0.5, 0.6) is 0 Å². The van der Waals surface area contributed by atoms with E-state index in [0.29, 0.717) is 0 Å². The van der Waals surface area contributed by atoms with Crippen LogP contribution in [0.1, 0.15) is 0 Å². The van der Waals surface area contributed by atoms with Gasteiger partial charge in [-0.3, -0.25) is 0 Å². The lowest BCUT2D eigenvalue weighted by Gasteiger charge is -2.28. The van der Waals surface area contributed by atoms with Gasteiger partial charge in [-0.1, -0.05) is 188 Å². The molecule has 12 aromatic carbocycles. The summed E-state index contributed by atoms with van der Waals surface area (Å²) < 4.78 is 8.82. The van der Waals surface area contributed by atoms with Crippen LogP contribution in [0.25, 0.3) is 115 Å². The van der Waals surface area contributed by atoms with Gasteiger partial charge in [-0.05, 0) is 139 Å². The number of furan rings is 1. The fraction of sp³-hybridized carbons (Fsp3) is 0. The van der Waals surface area contributed by atoms with Crippen molar-refractivity contribution in [2.45, 2.75) is 0 Å². The molecule has 0 amide bonds. The van der Waals surface area contributed by atoms with Crippen LogP contribution in [0.3, 0.4) is 0 Å². The van der Waals surface area contributed by atoms with Gasteiger partial charge in [-0.15, -0.1) is 0 Å². The summed E-state index contributed by atoms with van der Waals surface area (Å²) in [6.07, 6.45) is 0. The molecule has 0 saturated heterocycles. The van der Waals surface area contributed by atoms with Crippen LogP contribution in [0.15, 0.2) is 271 Å². The first kappa shape index (κ1) is 40.6. The van der Waals surface area contributed by atoms with Gasteiger partial charge in [0.2, 0.25) is 0 Å². The molecule has 3 heteroatoms. The molecule has 0 saturated carbocycles. The maximum Gasteiger partial charge on any atom is 0.136 e. The Hall–Kier alpha value is -9.44. The number of benzene rings is 12. The minimum Gasteiger partial charge on any atom is -0.456 e. The average Bonchev–Trinajstić information content (AvgIpc) is 4.00. The molecular weight excluding hydrogens is 861 g/mol. The van der Waals surface area contributed by atoms with E-state index in [0.717, 1.165) is 72.5 Å². The highest BCUT2D eigenvalue weighted by Gasteiger charge is 2.21. The van der Waals surface area contributed by atoms with Gasteiger partial charge in [0.25, 0.3) is 0 Å². The zero-order valence-corrected chi connectivity index (χ0v) is 38.7. The normalized spacial score (nSPS) is 11.7. The standard InChI is InChI=1S/C68H44N2O/c1-2-22-56-46(15-1)33-34-52-42-51(37-40-57(52)56)50-19-12-20-54(43-50)69(63-28-7-5-25-60(63)61-27-14-32-67-68(61)62-26-6-10-31-66(62)71-67)53-38-35-45(36-39-53)47-16-11-17-48(41-47)49-18-13-21-55(44-49)70-64-29-8-3-23-58(64)59-24-4-9-30-65(59)70/h1-44H. The summed E-state index contributed by atoms with van der Waals surface area (Å²) in [5, 5.41) is 9.76. The summed E-state index contributed by atoms with van der Waals surface area (Å²) in [6.45, 7) is 0. The zero-order valence-electron chi connectivity index (χ0n) is 38.7. The number of hydrogen-bond acceptors (Lipinski definition) is 2. The van der Waals surface area contributed by atoms with Gasteiger partial charge < -0.3 is 13.9 Å². The van der Waals surface area contributed by atoms with E-state index in [-0.39, 0.29) is 0 Å². The molecule has 0 fully saturated rings. The second-order valence-corrected chi connectivity index (χ2v) is 18.5. The second kappa shape index (κ2) is 16.7. The lowest BCUT2D eigenvalue weighted by atomic mass is 9.95. The molecule has 0 aliphatic heterocycles. The summed E-state index contributed by atoms with van der Waals surface area (Å²) in [6, 6.07) is 96.8. The van der Waals surface area contributed by atoms with Crippen molar-refractivity contribution in [1.29, 1.82) is 0 Å². The third-order valence-electron chi connectivity index (χ3n) is 14.4. The summed E-state index contributed by atoms with van der Waals surface area (Å²) in [5.74, 6) is 0. The van der Waals surface area contributed by atoms with E-state index in [1.54, 1.807) is 0 Å². The van der Waals surface area contributed by atoms with E-state index >= 15 is 0 Å². The third kappa shape index (κ3) is 6.89. The molecule has 14 aromatic rings. The monoisotopic (exact) mass is 904 g/mol. The van der Waals surface area contributed by atoms with Crippen molar-refractivity contribution in [3.05, 3.63) is 267 Å². The number of nitrogens with zero attached hydrogens (tertiary/aromatic N) is 2. The number of fused-ring (bicyclic) bond motifs is 9. The van der Waals surface area contributed by atoms with E-state index in [4.69, 9.17) is 4.42 Å². The first-order chi connectivity index (χ1) is 35.2. The molecule has 14 rings (SSSR count). The molecule has 0 N–H and O–H groups in total. The predicted octanol–water partition coefficient (Wildman–Crippen LogP) is 19.1. The van der Waals surface area contributed by atoms with Crippen LogP contribution in [0.2, 0.25) is 0 Å². The van der Waals surface area contributed by atoms with Crippen LogP contribution in [-0.2, 0) is 0 Å². The highest BCUT2D eigenvalue weighted by atomic mass is 16.3. The van der Waals surface area contributed by atoms with E-state index in [1.807, 2.05) is 6.07 Å². The lowest BCUT2D eigenvalue weighted by Crippen LogP contribution is -2.11. The maximum absolute atomic E-state index is 6.43. The number of hydrogen-bond donors (Lipinski definition) is 0. The average molecular weight is 905 g/mol. The van der Waals surface area contributed by atoms with Crippen LogP contribution in [0, 0.1) is 0 Å². The summed E-state index contributed by atoms with van der Waals surface area (Å²) >= 11 is 0. The number of anilines is 3. The number of aromatic nitrogens is 1. The molecule has 0 aliphatic carbocycles. The Morgan fingerprint density at radius 1 is 0.296 bits per heavy atom. The molecule has 0 bridgehead atoms. The maximum atomic E-state index is 6.43. The van der Waals surface area contributed by atoms with Crippen LogP contribution < -0.4 is 4.90 Å². The van der Waals surface area contributed by atoms with Crippen LogP contribution in [0.4, 0.5) is 17.1 Å². The minimum atomic E-state index is 0.876. The van der Waals surface area contributed by atoms with E-state index < -0.39 is 0 Å². The van der Waals surface area contributed by atoms with Gasteiger partial charge >= 0.3 is 0 Å². The quantitative estimate of drug-likeness (QED) is 0.142. The largest absolute Gasteiger partial charge is 0.456 e. The first-order valence-corrected chi connectivity index (χ1v) is 24.3. The van der Waals surface area contributed by atoms with Gasteiger partial charge in [-0.25, -0.2) is 0 Å². The van der Waals surface area contributed by atoms with E-state index in [9.17, 15) is 0 Å². The topological polar surface area (TPSA) is 21.3 Å². The molecule has 0 unspecified atom stereocenters. The molecule has 332 valence electrons. The van der Waals surface area contributed by atoms with Gasteiger partial charge in [0.15, 0.2) is 0 Å². The molecule has 2 heterocycles. The van der Waals surface area contributed by atoms with Crippen molar-refractivity contribution in [3.63, 3.8) is 0 Å². The SMILES string of the molecule is c1cc(-c2ccc(N(c3cccc(-c4ccc5c(ccc6ccccc65)c4)c3)c3ccccc3-c3cccc4oc5ccccc5c34)cc2)cc(-c2cccc(-n3c4ccccc4c4ccccc43)c2)c1. The predicted molar refractivity (Wildman–Crippen MR) is 299 cm³/mol. The smallest absolute Gasteiger partial charge is 0.136 e. The Kier molecular flexibility index (Phi) is 9.53. The van der Waals surface area contributed by atoms with Crippen molar-refractivity contribution in [2.24, 2.45) is 0 Å². The van der Waals surface area contributed by atoms with Crippen molar-refractivity contribution >= 4 is 82.4 Å². The van der Waals surface area contributed by atoms with E-state index in [2.05, 4.69) is 270 Å². The first-order valence-electron chi connectivity index (χ1n) is 24.3. The molecular formula is C68H44N2O. The summed E-state index contributed by atoms with van der Waals surface area (Å²) in [5.41, 5.74) is 17.7. The highest BCUT2D eigenvalue weighted by Crippen LogP contribution is 2.46. The van der Waals surface area contributed by atoms with Gasteiger partial charge in [0.05, 0.1) is 16.7 Å². The molecule has 0 spiro atoms. The van der Waals surface area contributed by atoms with Crippen molar-refractivity contribution in [3.8, 4) is 50.2 Å². The van der Waals surface area contributed by atoms with E-state index in [1.165, 1.54) is 60.0 Å². The number of rotatable bonds is 8. The van der Waals surface area contributed by atoms with Crippen molar-refractivity contribution < 1.29 is 4.42 Å². The molecule has 0 radical (unpaired) electrons. The molecule has 0 atom stereocenters. The van der Waals surface area contributed by atoms with Gasteiger partial charge in [0.1, 0.15) is 11.2 Å². The Morgan fingerprint density at radius 3 is 1.66 bits per heavy atom. The van der Waals surface area contributed by atoms with Crippen LogP contribution >= 0.6 is 0 Å². The summed E-state index contributed by atoms with van der Waals surface area (Å²) in [7, 11) is 0. The molecule has 3 nitrogen and oxygen atoms in total. The zero-order chi connectivity index (χ0) is 46.8. The highest BCUT2D eigenvalue weighted by molar-refractivity contribution is 6.14.